The van der Waals surface area contributed by atoms with Crippen LogP contribution in [0.1, 0.15) is 0 Å². The Hall–Kier alpha value is -4.55. The molecule has 0 aliphatic rings. The molecule has 5 nitrogen and oxygen atoms in total. The van der Waals surface area contributed by atoms with Gasteiger partial charge >= 0.3 is 0 Å². The van der Waals surface area contributed by atoms with Gasteiger partial charge in [-0.25, -0.2) is 4.98 Å². The van der Waals surface area contributed by atoms with Crippen LogP contribution in [0.4, 0.5) is 0 Å². The van der Waals surface area contributed by atoms with Gasteiger partial charge in [0.1, 0.15) is 5.75 Å². The van der Waals surface area contributed by atoms with Gasteiger partial charge in [0.15, 0.2) is 10.6 Å². The summed E-state index contributed by atoms with van der Waals surface area (Å²) in [5, 5.41) is 8.69. The van der Waals surface area contributed by atoms with Crippen molar-refractivity contribution in [3.8, 4) is 45.2 Å². The van der Waals surface area contributed by atoms with Crippen molar-refractivity contribution in [2.75, 3.05) is 7.11 Å². The zero-order chi connectivity index (χ0) is 24.5. The van der Waals surface area contributed by atoms with Gasteiger partial charge < -0.3 is 4.74 Å². The Morgan fingerprint density at radius 1 is 0.750 bits per heavy atom. The van der Waals surface area contributed by atoms with E-state index in [0.717, 1.165) is 44.5 Å². The molecule has 6 aromatic rings. The minimum Gasteiger partial charge on any atom is -0.495 e. The number of nitrogens with one attached hydrogen (secondary N) is 1. The standard InChI is InChI=1S/C30H22N4OS/c1-35-28-17-16-22(20-10-4-2-5-11-20)18-27(28)34-29(32-33-30(34)36)24-19-26(21-12-6-3-7-13-21)31-25-15-9-8-14-23(24)25/h2-19H,1H3,(H,33,36). The number of pyridine rings is 1. The van der Waals surface area contributed by atoms with Gasteiger partial charge in [0, 0.05) is 16.5 Å². The van der Waals surface area contributed by atoms with Crippen molar-refractivity contribution < 1.29 is 4.74 Å². The molecule has 174 valence electrons. The van der Waals surface area contributed by atoms with Gasteiger partial charge in [0.2, 0.25) is 0 Å². The van der Waals surface area contributed by atoms with Gasteiger partial charge in [-0.3, -0.25) is 9.67 Å². The Morgan fingerprint density at radius 3 is 2.19 bits per heavy atom. The fraction of sp³-hybridized carbons (Fsp3) is 0.0333. The highest BCUT2D eigenvalue weighted by molar-refractivity contribution is 7.71. The van der Waals surface area contributed by atoms with Gasteiger partial charge in [0.25, 0.3) is 0 Å². The van der Waals surface area contributed by atoms with Crippen molar-refractivity contribution in [2.45, 2.75) is 0 Å². The summed E-state index contributed by atoms with van der Waals surface area (Å²) in [6.07, 6.45) is 0. The lowest BCUT2D eigenvalue weighted by Gasteiger charge is -2.15. The van der Waals surface area contributed by atoms with E-state index in [1.807, 2.05) is 65.2 Å². The van der Waals surface area contributed by atoms with Gasteiger partial charge in [0.05, 0.1) is 24.0 Å². The van der Waals surface area contributed by atoms with Crippen molar-refractivity contribution in [3.05, 3.63) is 114 Å². The van der Waals surface area contributed by atoms with Crippen LogP contribution in [-0.4, -0.2) is 26.9 Å². The second-order valence-corrected chi connectivity index (χ2v) is 8.77. The van der Waals surface area contributed by atoms with Gasteiger partial charge in [-0.05, 0) is 47.6 Å². The highest BCUT2D eigenvalue weighted by Crippen LogP contribution is 2.36. The molecular formula is C30H22N4OS. The number of H-pyrrole nitrogens is 1. The second-order valence-electron chi connectivity index (χ2n) is 8.38. The first-order chi connectivity index (χ1) is 17.7. The smallest absolute Gasteiger partial charge is 0.200 e. The minimum atomic E-state index is 0.482. The van der Waals surface area contributed by atoms with E-state index in [-0.39, 0.29) is 0 Å². The average Bonchev–Trinajstić information content (AvgIpc) is 3.33. The number of methoxy groups -OCH3 is 1. The summed E-state index contributed by atoms with van der Waals surface area (Å²) in [4.78, 5) is 4.93. The molecule has 0 radical (unpaired) electrons. The second kappa shape index (κ2) is 9.24. The molecule has 0 spiro atoms. The van der Waals surface area contributed by atoms with Crippen molar-refractivity contribution >= 4 is 23.1 Å². The van der Waals surface area contributed by atoms with Crippen LogP contribution in [0.5, 0.6) is 5.75 Å². The van der Waals surface area contributed by atoms with Crippen molar-refractivity contribution in [1.82, 2.24) is 19.7 Å². The highest BCUT2D eigenvalue weighted by atomic mass is 32.1. The molecule has 0 unspecified atom stereocenters. The fourth-order valence-corrected chi connectivity index (χ4v) is 4.72. The lowest BCUT2D eigenvalue weighted by molar-refractivity contribution is 0.413. The predicted molar refractivity (Wildman–Crippen MR) is 147 cm³/mol. The van der Waals surface area contributed by atoms with Crippen LogP contribution in [0.3, 0.4) is 0 Å². The summed E-state index contributed by atoms with van der Waals surface area (Å²) in [5.74, 6) is 1.40. The minimum absolute atomic E-state index is 0.482. The first kappa shape index (κ1) is 21.9. The Kier molecular flexibility index (Phi) is 5.64. The largest absolute Gasteiger partial charge is 0.495 e. The third kappa shape index (κ3) is 3.87. The van der Waals surface area contributed by atoms with E-state index in [4.69, 9.17) is 21.9 Å². The SMILES string of the molecule is COc1ccc(-c2ccccc2)cc1-n1c(-c2cc(-c3ccccc3)nc3ccccc23)n[nH]c1=S. The summed E-state index contributed by atoms with van der Waals surface area (Å²) in [6, 6.07) is 36.7. The van der Waals surface area contributed by atoms with E-state index in [9.17, 15) is 0 Å². The van der Waals surface area contributed by atoms with Crippen molar-refractivity contribution in [1.29, 1.82) is 0 Å². The Bertz CT molecular complexity index is 1740. The van der Waals surface area contributed by atoms with Crippen molar-refractivity contribution in [3.63, 3.8) is 0 Å². The molecule has 2 heterocycles. The molecular weight excluding hydrogens is 464 g/mol. The first-order valence-corrected chi connectivity index (χ1v) is 12.0. The molecule has 0 fully saturated rings. The molecule has 0 saturated heterocycles. The van der Waals surface area contributed by atoms with Crippen LogP contribution < -0.4 is 4.74 Å². The maximum absolute atomic E-state index is 5.77. The normalized spacial score (nSPS) is 11.0. The van der Waals surface area contributed by atoms with Gasteiger partial charge in [-0.15, -0.1) is 0 Å². The predicted octanol–water partition coefficient (Wildman–Crippen LogP) is 7.49. The molecule has 6 rings (SSSR count). The number of aromatic nitrogens is 4. The quantitative estimate of drug-likeness (QED) is 0.257. The topological polar surface area (TPSA) is 55.7 Å². The summed E-state index contributed by atoms with van der Waals surface area (Å²) in [7, 11) is 1.67. The Balaban J connectivity index is 1.61. The summed E-state index contributed by atoms with van der Waals surface area (Å²) >= 11 is 5.75. The molecule has 0 bridgehead atoms. The van der Waals surface area contributed by atoms with E-state index in [0.29, 0.717) is 16.3 Å². The van der Waals surface area contributed by atoms with E-state index >= 15 is 0 Å². The number of hydrogen-bond acceptors (Lipinski definition) is 4. The van der Waals surface area contributed by atoms with Crippen LogP contribution in [0.2, 0.25) is 0 Å². The number of ether oxygens (including phenoxy) is 1. The number of aromatic amines is 1. The number of nitrogens with zero attached hydrogens (tertiary/aromatic N) is 3. The van der Waals surface area contributed by atoms with E-state index in [1.165, 1.54) is 0 Å². The first-order valence-electron chi connectivity index (χ1n) is 11.6. The zero-order valence-corrected chi connectivity index (χ0v) is 20.4. The fourth-order valence-electron chi connectivity index (χ4n) is 4.49. The zero-order valence-electron chi connectivity index (χ0n) is 19.6. The molecule has 0 aliphatic heterocycles. The number of rotatable bonds is 5. The lowest BCUT2D eigenvalue weighted by Crippen LogP contribution is -2.02. The Morgan fingerprint density at radius 2 is 1.44 bits per heavy atom. The maximum Gasteiger partial charge on any atom is 0.200 e. The van der Waals surface area contributed by atoms with E-state index in [2.05, 4.69) is 58.7 Å². The van der Waals surface area contributed by atoms with Crippen LogP contribution in [0.25, 0.3) is 50.4 Å². The third-order valence-electron chi connectivity index (χ3n) is 6.23. The molecule has 0 amide bonds. The molecule has 0 saturated carbocycles. The van der Waals surface area contributed by atoms with Crippen molar-refractivity contribution in [2.24, 2.45) is 0 Å². The number of fused-ring (bicyclic) bond motifs is 1. The lowest BCUT2D eigenvalue weighted by atomic mass is 10.0. The molecule has 2 aromatic heterocycles. The van der Waals surface area contributed by atoms with E-state index in [1.54, 1.807) is 7.11 Å². The molecule has 0 atom stereocenters. The number of hydrogen-bond donors (Lipinski definition) is 1. The number of benzene rings is 4. The summed E-state index contributed by atoms with van der Waals surface area (Å²) < 4.78 is 8.19. The van der Waals surface area contributed by atoms with Gasteiger partial charge in [-0.2, -0.15) is 5.10 Å². The molecule has 1 N–H and O–H groups in total. The monoisotopic (exact) mass is 486 g/mol. The maximum atomic E-state index is 5.77. The molecule has 36 heavy (non-hydrogen) atoms. The van der Waals surface area contributed by atoms with Crippen LogP contribution in [-0.2, 0) is 0 Å². The third-order valence-corrected chi connectivity index (χ3v) is 6.50. The van der Waals surface area contributed by atoms with Crippen LogP contribution in [0, 0.1) is 4.77 Å². The Labute approximate surface area is 213 Å². The highest BCUT2D eigenvalue weighted by Gasteiger charge is 2.19. The molecule has 0 aliphatic carbocycles. The average molecular weight is 487 g/mol. The van der Waals surface area contributed by atoms with Gasteiger partial charge in [-0.1, -0.05) is 84.9 Å². The molecule has 6 heteroatoms. The van der Waals surface area contributed by atoms with Crippen LogP contribution in [0.15, 0.2) is 109 Å². The molecule has 4 aromatic carbocycles. The van der Waals surface area contributed by atoms with E-state index < -0.39 is 0 Å². The number of para-hydroxylation sites is 1. The summed E-state index contributed by atoms with van der Waals surface area (Å²) in [5.41, 5.74) is 6.71. The summed E-state index contributed by atoms with van der Waals surface area (Å²) in [6.45, 7) is 0. The van der Waals surface area contributed by atoms with Crippen LogP contribution >= 0.6 is 12.2 Å².